The standard InChI is InChI=1S/C12H18N2O3S/c1-4-11(12(15)13-2)14(18(3,16)17)10-8-6-5-7-9-10/h5-9,11H,4H2,1-3H3,(H,13,15). The molecule has 0 saturated heterocycles. The van der Waals surface area contributed by atoms with Gasteiger partial charge in [0.05, 0.1) is 11.9 Å². The van der Waals surface area contributed by atoms with Crippen molar-refractivity contribution in [3.05, 3.63) is 30.3 Å². The largest absolute Gasteiger partial charge is 0.357 e. The van der Waals surface area contributed by atoms with E-state index >= 15 is 0 Å². The van der Waals surface area contributed by atoms with E-state index in [2.05, 4.69) is 5.32 Å². The first-order valence-corrected chi connectivity index (χ1v) is 7.52. The molecular formula is C12H18N2O3S. The average molecular weight is 270 g/mol. The van der Waals surface area contributed by atoms with Crippen molar-refractivity contribution in [3.8, 4) is 0 Å². The molecule has 0 aliphatic rings. The number of amides is 1. The van der Waals surface area contributed by atoms with E-state index in [1.165, 1.54) is 7.05 Å². The Morgan fingerprint density at radius 1 is 1.33 bits per heavy atom. The summed E-state index contributed by atoms with van der Waals surface area (Å²) in [5, 5.41) is 2.49. The number of anilines is 1. The lowest BCUT2D eigenvalue weighted by Crippen LogP contribution is -2.48. The number of carbonyl (C=O) groups excluding carboxylic acids is 1. The Hall–Kier alpha value is -1.56. The van der Waals surface area contributed by atoms with E-state index in [1.54, 1.807) is 37.3 Å². The minimum absolute atomic E-state index is 0.313. The number of likely N-dealkylation sites (N-methyl/N-ethyl adjacent to an activating group) is 1. The summed E-state index contributed by atoms with van der Waals surface area (Å²) in [7, 11) is -2.02. The van der Waals surface area contributed by atoms with Gasteiger partial charge in [0, 0.05) is 7.05 Å². The molecule has 18 heavy (non-hydrogen) atoms. The van der Waals surface area contributed by atoms with Gasteiger partial charge in [-0.1, -0.05) is 25.1 Å². The molecule has 1 amide bonds. The van der Waals surface area contributed by atoms with Crippen LogP contribution in [0.3, 0.4) is 0 Å². The van der Waals surface area contributed by atoms with Crippen molar-refractivity contribution < 1.29 is 13.2 Å². The second kappa shape index (κ2) is 5.86. The van der Waals surface area contributed by atoms with Gasteiger partial charge in [-0.2, -0.15) is 0 Å². The SMILES string of the molecule is CCC(C(=O)NC)N(c1ccccc1)S(C)(=O)=O. The highest BCUT2D eigenvalue weighted by Gasteiger charge is 2.30. The number of benzene rings is 1. The van der Waals surface area contributed by atoms with E-state index in [0.717, 1.165) is 10.6 Å². The molecule has 1 aromatic rings. The van der Waals surface area contributed by atoms with Crippen LogP contribution in [0.25, 0.3) is 0 Å². The second-order valence-corrected chi connectivity index (χ2v) is 5.79. The molecule has 0 aliphatic carbocycles. The number of rotatable bonds is 5. The van der Waals surface area contributed by atoms with E-state index in [0.29, 0.717) is 12.1 Å². The molecule has 1 atom stereocenters. The van der Waals surface area contributed by atoms with Crippen LogP contribution >= 0.6 is 0 Å². The zero-order chi connectivity index (χ0) is 13.8. The van der Waals surface area contributed by atoms with Gasteiger partial charge >= 0.3 is 0 Å². The van der Waals surface area contributed by atoms with E-state index in [9.17, 15) is 13.2 Å². The zero-order valence-corrected chi connectivity index (χ0v) is 11.6. The summed E-state index contributed by atoms with van der Waals surface area (Å²) in [4.78, 5) is 11.8. The van der Waals surface area contributed by atoms with Gasteiger partial charge in [0.1, 0.15) is 6.04 Å². The van der Waals surface area contributed by atoms with Crippen molar-refractivity contribution in [1.29, 1.82) is 0 Å². The Labute approximate surface area is 108 Å². The van der Waals surface area contributed by atoms with Crippen LogP contribution in [0, 0.1) is 0 Å². The minimum Gasteiger partial charge on any atom is -0.357 e. The lowest BCUT2D eigenvalue weighted by atomic mass is 10.2. The fraction of sp³-hybridized carbons (Fsp3) is 0.417. The number of para-hydroxylation sites is 1. The second-order valence-electron chi connectivity index (χ2n) is 3.93. The average Bonchev–Trinajstić information content (AvgIpc) is 2.34. The normalized spacial score (nSPS) is 12.8. The first-order valence-electron chi connectivity index (χ1n) is 5.67. The van der Waals surface area contributed by atoms with Gasteiger partial charge in [-0.25, -0.2) is 8.42 Å². The zero-order valence-electron chi connectivity index (χ0n) is 10.8. The summed E-state index contributed by atoms with van der Waals surface area (Å²) in [6, 6.07) is 7.89. The topological polar surface area (TPSA) is 66.5 Å². The van der Waals surface area contributed by atoms with Crippen LogP contribution in [0.5, 0.6) is 0 Å². The quantitative estimate of drug-likeness (QED) is 0.867. The molecule has 1 aromatic carbocycles. The van der Waals surface area contributed by atoms with Gasteiger partial charge in [-0.15, -0.1) is 0 Å². The summed E-state index contributed by atoms with van der Waals surface area (Å²) in [6.45, 7) is 1.78. The molecule has 6 heteroatoms. The maximum Gasteiger partial charge on any atom is 0.243 e. The number of nitrogens with one attached hydrogen (secondary N) is 1. The fourth-order valence-electron chi connectivity index (χ4n) is 1.80. The molecule has 100 valence electrons. The van der Waals surface area contributed by atoms with E-state index in [-0.39, 0.29) is 5.91 Å². The van der Waals surface area contributed by atoms with Gasteiger partial charge in [0.2, 0.25) is 15.9 Å². The number of hydrogen-bond donors (Lipinski definition) is 1. The third-order valence-electron chi connectivity index (χ3n) is 2.59. The van der Waals surface area contributed by atoms with Gasteiger partial charge in [-0.3, -0.25) is 9.10 Å². The van der Waals surface area contributed by atoms with Crippen LogP contribution in [-0.4, -0.2) is 33.7 Å². The van der Waals surface area contributed by atoms with E-state index in [4.69, 9.17) is 0 Å². The molecule has 0 radical (unpaired) electrons. The molecule has 5 nitrogen and oxygen atoms in total. The van der Waals surface area contributed by atoms with Crippen LogP contribution in [0.1, 0.15) is 13.3 Å². The lowest BCUT2D eigenvalue weighted by molar-refractivity contribution is -0.121. The van der Waals surface area contributed by atoms with Crippen molar-refractivity contribution in [2.45, 2.75) is 19.4 Å². The predicted octanol–water partition coefficient (Wildman–Crippen LogP) is 0.977. The summed E-state index contributed by atoms with van der Waals surface area (Å²) in [5.74, 6) is -0.313. The molecule has 1 unspecified atom stereocenters. The van der Waals surface area contributed by atoms with E-state index in [1.807, 2.05) is 0 Å². The third-order valence-corrected chi connectivity index (χ3v) is 3.77. The molecule has 0 aromatic heterocycles. The Bertz CT molecular complexity index is 499. The predicted molar refractivity (Wildman–Crippen MR) is 71.9 cm³/mol. The van der Waals surface area contributed by atoms with Crippen molar-refractivity contribution >= 4 is 21.6 Å². The third kappa shape index (κ3) is 3.22. The molecule has 0 saturated carbocycles. The Morgan fingerprint density at radius 2 is 1.89 bits per heavy atom. The van der Waals surface area contributed by atoms with Crippen LogP contribution in [-0.2, 0) is 14.8 Å². The van der Waals surface area contributed by atoms with Crippen LogP contribution < -0.4 is 9.62 Å². The molecule has 0 aliphatic heterocycles. The highest BCUT2D eigenvalue weighted by molar-refractivity contribution is 7.92. The molecule has 0 heterocycles. The number of carbonyl (C=O) groups is 1. The van der Waals surface area contributed by atoms with Crippen molar-refractivity contribution in [2.24, 2.45) is 0 Å². The molecular weight excluding hydrogens is 252 g/mol. The summed E-state index contributed by atoms with van der Waals surface area (Å²) >= 11 is 0. The highest BCUT2D eigenvalue weighted by Crippen LogP contribution is 2.21. The highest BCUT2D eigenvalue weighted by atomic mass is 32.2. The number of hydrogen-bond acceptors (Lipinski definition) is 3. The number of nitrogens with zero attached hydrogens (tertiary/aromatic N) is 1. The fourth-order valence-corrected chi connectivity index (χ4v) is 3.01. The Balaban J connectivity index is 3.26. The van der Waals surface area contributed by atoms with Gasteiger partial charge in [0.15, 0.2) is 0 Å². The van der Waals surface area contributed by atoms with Crippen molar-refractivity contribution in [2.75, 3.05) is 17.6 Å². The first kappa shape index (κ1) is 14.5. The van der Waals surface area contributed by atoms with Gasteiger partial charge in [-0.05, 0) is 18.6 Å². The molecule has 0 bridgehead atoms. The summed E-state index contributed by atoms with van der Waals surface area (Å²) in [6.07, 6.45) is 1.51. The Kier molecular flexibility index (Phi) is 4.72. The maximum absolute atomic E-state index is 11.9. The molecule has 1 rings (SSSR count). The van der Waals surface area contributed by atoms with E-state index < -0.39 is 16.1 Å². The number of sulfonamides is 1. The maximum atomic E-state index is 11.9. The van der Waals surface area contributed by atoms with Crippen molar-refractivity contribution in [3.63, 3.8) is 0 Å². The van der Waals surface area contributed by atoms with Crippen molar-refractivity contribution in [1.82, 2.24) is 5.32 Å². The Morgan fingerprint density at radius 3 is 2.28 bits per heavy atom. The van der Waals surface area contributed by atoms with Gasteiger partial charge < -0.3 is 5.32 Å². The van der Waals surface area contributed by atoms with Crippen LogP contribution in [0.4, 0.5) is 5.69 Å². The molecule has 0 fully saturated rings. The minimum atomic E-state index is -3.51. The first-order chi connectivity index (χ1) is 8.41. The van der Waals surface area contributed by atoms with Crippen LogP contribution in [0.2, 0.25) is 0 Å². The monoisotopic (exact) mass is 270 g/mol. The molecule has 1 N–H and O–H groups in total. The molecule has 0 spiro atoms. The lowest BCUT2D eigenvalue weighted by Gasteiger charge is -2.29. The summed E-state index contributed by atoms with van der Waals surface area (Å²) < 4.78 is 25.0. The van der Waals surface area contributed by atoms with Gasteiger partial charge in [0.25, 0.3) is 0 Å². The summed E-state index contributed by atoms with van der Waals surface area (Å²) in [5.41, 5.74) is 0.496. The van der Waals surface area contributed by atoms with Crippen LogP contribution in [0.15, 0.2) is 30.3 Å². The smallest absolute Gasteiger partial charge is 0.243 e.